The number of hydrogen-bond acceptors (Lipinski definition) is 6. The fraction of sp³-hybridized carbons (Fsp3) is 0.286. The maximum absolute atomic E-state index is 12.0. The smallest absolute Gasteiger partial charge is 0.318 e. The van der Waals surface area contributed by atoms with Gasteiger partial charge in [0.2, 0.25) is 11.8 Å². The number of thioether (sulfide) groups is 1. The zero-order valence-corrected chi connectivity index (χ0v) is 14.0. The number of benzene rings is 1. The first-order chi connectivity index (χ1) is 10.9. The summed E-state index contributed by atoms with van der Waals surface area (Å²) in [6.07, 6.45) is 0. The summed E-state index contributed by atoms with van der Waals surface area (Å²) in [7, 11) is 0. The largest absolute Gasteiger partial charge is 0.411 e. The van der Waals surface area contributed by atoms with Crippen molar-refractivity contribution >= 4 is 35.3 Å². The van der Waals surface area contributed by atoms with Crippen LogP contribution in [-0.2, 0) is 4.79 Å². The normalized spacial score (nSPS) is 12.2. The summed E-state index contributed by atoms with van der Waals surface area (Å²) in [6, 6.07) is 6.09. The van der Waals surface area contributed by atoms with Crippen LogP contribution in [0.2, 0.25) is 5.02 Å². The number of nitrogens with two attached hydrogens (primary N) is 1. The van der Waals surface area contributed by atoms with E-state index >= 15 is 0 Å². The number of carbonyl (C=O) groups excluding carboxylic acids is 2. The molecule has 0 radical (unpaired) electrons. The van der Waals surface area contributed by atoms with Gasteiger partial charge in [0.05, 0.1) is 5.25 Å². The molecule has 1 unspecified atom stereocenters. The predicted molar refractivity (Wildman–Crippen MR) is 87.0 cm³/mol. The minimum Gasteiger partial charge on any atom is -0.411 e. The zero-order chi connectivity index (χ0) is 17.0. The molecule has 7 nitrogen and oxygen atoms in total. The molecule has 0 spiro atoms. The number of rotatable bonds is 5. The highest BCUT2D eigenvalue weighted by Crippen LogP contribution is 2.30. The lowest BCUT2D eigenvalue weighted by Crippen LogP contribution is -2.42. The average Bonchev–Trinajstić information content (AvgIpc) is 2.92. The van der Waals surface area contributed by atoms with Crippen LogP contribution < -0.4 is 11.1 Å². The summed E-state index contributed by atoms with van der Waals surface area (Å²) in [6.45, 7) is 3.68. The van der Waals surface area contributed by atoms with Gasteiger partial charge in [-0.2, -0.15) is 0 Å². The van der Waals surface area contributed by atoms with Gasteiger partial charge in [-0.1, -0.05) is 43.3 Å². The summed E-state index contributed by atoms with van der Waals surface area (Å²) in [5.74, 6) is -0.270. The van der Waals surface area contributed by atoms with E-state index in [0.29, 0.717) is 16.5 Å². The Bertz CT molecular complexity index is 720. The van der Waals surface area contributed by atoms with Crippen molar-refractivity contribution in [2.24, 2.45) is 11.7 Å². The van der Waals surface area contributed by atoms with Crippen LogP contribution in [0.25, 0.3) is 11.5 Å². The first kappa shape index (κ1) is 17.3. The fourth-order valence-electron chi connectivity index (χ4n) is 1.79. The lowest BCUT2D eigenvalue weighted by atomic mass is 10.1. The molecule has 3 amide bonds. The van der Waals surface area contributed by atoms with E-state index in [1.54, 1.807) is 24.3 Å². The Kier molecular flexibility index (Phi) is 5.62. The van der Waals surface area contributed by atoms with Crippen molar-refractivity contribution in [2.75, 3.05) is 0 Å². The van der Waals surface area contributed by atoms with E-state index in [2.05, 4.69) is 15.5 Å². The molecule has 2 aromatic rings. The molecule has 3 N–H and O–H groups in total. The number of aromatic nitrogens is 2. The molecular weight excluding hydrogens is 340 g/mol. The van der Waals surface area contributed by atoms with E-state index in [1.807, 2.05) is 13.8 Å². The Morgan fingerprint density at radius 2 is 2.09 bits per heavy atom. The van der Waals surface area contributed by atoms with Crippen LogP contribution >= 0.6 is 23.4 Å². The molecule has 0 saturated carbocycles. The first-order valence-corrected chi connectivity index (χ1v) is 7.99. The van der Waals surface area contributed by atoms with E-state index in [9.17, 15) is 9.59 Å². The van der Waals surface area contributed by atoms with Crippen molar-refractivity contribution in [3.8, 4) is 11.5 Å². The van der Waals surface area contributed by atoms with Crippen molar-refractivity contribution in [2.45, 2.75) is 24.3 Å². The third kappa shape index (κ3) is 4.70. The molecule has 0 aliphatic carbocycles. The van der Waals surface area contributed by atoms with Crippen molar-refractivity contribution < 1.29 is 14.0 Å². The maximum atomic E-state index is 12.0. The van der Waals surface area contributed by atoms with Crippen molar-refractivity contribution in [3.05, 3.63) is 29.3 Å². The molecule has 0 saturated heterocycles. The van der Waals surface area contributed by atoms with Crippen LogP contribution in [0.5, 0.6) is 0 Å². The molecular formula is C14H15ClN4O3S. The van der Waals surface area contributed by atoms with Crippen LogP contribution in [0.4, 0.5) is 4.79 Å². The standard InChI is InChI=1S/C14H15ClN4O3S/c1-7(2)10(11(20)17-13(16)21)23-14-19-18-12(22-14)8-4-3-5-9(15)6-8/h3-7,10H,1-2H3,(H3,16,17,20,21). The summed E-state index contributed by atoms with van der Waals surface area (Å²) in [4.78, 5) is 22.8. The Morgan fingerprint density at radius 3 is 2.70 bits per heavy atom. The molecule has 2 rings (SSSR count). The van der Waals surface area contributed by atoms with Crippen LogP contribution in [0.1, 0.15) is 13.8 Å². The Hall–Kier alpha value is -2.06. The minimum atomic E-state index is -0.897. The number of halogens is 1. The second kappa shape index (κ2) is 7.47. The zero-order valence-electron chi connectivity index (χ0n) is 12.4. The molecule has 0 fully saturated rings. The van der Waals surface area contributed by atoms with Gasteiger partial charge >= 0.3 is 6.03 Å². The molecule has 1 atom stereocenters. The van der Waals surface area contributed by atoms with Crippen LogP contribution in [0.15, 0.2) is 33.9 Å². The number of primary amides is 1. The molecule has 122 valence electrons. The molecule has 1 aromatic carbocycles. The highest BCUT2D eigenvalue weighted by molar-refractivity contribution is 8.00. The summed E-state index contributed by atoms with van der Waals surface area (Å²) < 4.78 is 5.55. The predicted octanol–water partition coefficient (Wildman–Crippen LogP) is 2.70. The molecule has 9 heteroatoms. The van der Waals surface area contributed by atoms with Crippen molar-refractivity contribution in [1.82, 2.24) is 15.5 Å². The molecule has 0 aliphatic heterocycles. The summed E-state index contributed by atoms with van der Waals surface area (Å²) in [5, 5.41) is 10.1. The molecule has 0 aliphatic rings. The lowest BCUT2D eigenvalue weighted by molar-refractivity contribution is -0.120. The second-order valence-electron chi connectivity index (χ2n) is 5.02. The Labute approximate surface area is 142 Å². The van der Waals surface area contributed by atoms with Gasteiger partial charge in [0, 0.05) is 10.6 Å². The van der Waals surface area contributed by atoms with Crippen LogP contribution in [-0.4, -0.2) is 27.4 Å². The number of carbonyl (C=O) groups is 2. The molecule has 23 heavy (non-hydrogen) atoms. The van der Waals surface area contributed by atoms with E-state index < -0.39 is 17.2 Å². The van der Waals surface area contributed by atoms with Gasteiger partial charge in [0.1, 0.15) is 0 Å². The third-order valence-corrected chi connectivity index (χ3v) is 4.43. The second-order valence-corrected chi connectivity index (χ2v) is 6.55. The third-order valence-electron chi connectivity index (χ3n) is 2.82. The Morgan fingerprint density at radius 1 is 1.35 bits per heavy atom. The quantitative estimate of drug-likeness (QED) is 0.798. The van der Waals surface area contributed by atoms with E-state index in [4.69, 9.17) is 21.8 Å². The SMILES string of the molecule is CC(C)C(Sc1nnc(-c2cccc(Cl)c2)o1)C(=O)NC(N)=O. The average molecular weight is 355 g/mol. The maximum Gasteiger partial charge on any atom is 0.318 e. The number of imide groups is 1. The summed E-state index contributed by atoms with van der Waals surface area (Å²) in [5.41, 5.74) is 5.66. The van der Waals surface area contributed by atoms with E-state index in [-0.39, 0.29) is 11.1 Å². The topological polar surface area (TPSA) is 111 Å². The van der Waals surface area contributed by atoms with Gasteiger partial charge in [-0.15, -0.1) is 10.2 Å². The number of hydrogen-bond donors (Lipinski definition) is 2. The number of nitrogens with one attached hydrogen (secondary N) is 1. The fourth-order valence-corrected chi connectivity index (χ4v) is 2.85. The van der Waals surface area contributed by atoms with Crippen LogP contribution in [0.3, 0.4) is 0 Å². The van der Waals surface area contributed by atoms with Gasteiger partial charge in [0.25, 0.3) is 5.22 Å². The van der Waals surface area contributed by atoms with E-state index in [0.717, 1.165) is 11.8 Å². The summed E-state index contributed by atoms with van der Waals surface area (Å²) >= 11 is 7.00. The minimum absolute atomic E-state index is 0.0686. The lowest BCUT2D eigenvalue weighted by Gasteiger charge is -2.16. The van der Waals surface area contributed by atoms with Crippen LogP contribution in [0, 0.1) is 5.92 Å². The Balaban J connectivity index is 2.16. The number of urea groups is 1. The highest BCUT2D eigenvalue weighted by Gasteiger charge is 2.27. The van der Waals surface area contributed by atoms with E-state index in [1.165, 1.54) is 0 Å². The highest BCUT2D eigenvalue weighted by atomic mass is 35.5. The molecule has 1 heterocycles. The van der Waals surface area contributed by atoms with Gasteiger partial charge < -0.3 is 10.2 Å². The van der Waals surface area contributed by atoms with Crippen molar-refractivity contribution in [3.63, 3.8) is 0 Å². The first-order valence-electron chi connectivity index (χ1n) is 6.73. The monoisotopic (exact) mass is 354 g/mol. The van der Waals surface area contributed by atoms with Gasteiger partial charge in [0.15, 0.2) is 0 Å². The molecule has 1 aromatic heterocycles. The molecule has 0 bridgehead atoms. The number of amides is 3. The van der Waals surface area contributed by atoms with Gasteiger partial charge in [-0.3, -0.25) is 10.1 Å². The van der Waals surface area contributed by atoms with Gasteiger partial charge in [-0.05, 0) is 24.1 Å². The van der Waals surface area contributed by atoms with Crippen molar-refractivity contribution in [1.29, 1.82) is 0 Å². The number of nitrogens with zero attached hydrogens (tertiary/aromatic N) is 2. The van der Waals surface area contributed by atoms with Gasteiger partial charge in [-0.25, -0.2) is 4.79 Å².